The molecular weight excluding hydrogens is 214 g/mol. The molecule has 0 unspecified atom stereocenters. The third-order valence-corrected chi connectivity index (χ3v) is 2.46. The van der Waals surface area contributed by atoms with Crippen LogP contribution < -0.4 is 0 Å². The van der Waals surface area contributed by atoms with Crippen molar-refractivity contribution in [3.8, 4) is 6.07 Å². The van der Waals surface area contributed by atoms with E-state index in [1.807, 2.05) is 44.2 Å². The van der Waals surface area contributed by atoms with Crippen LogP contribution in [0.15, 0.2) is 47.1 Å². The van der Waals surface area contributed by atoms with Crippen LogP contribution in [-0.4, -0.2) is 13.1 Å². The lowest BCUT2D eigenvalue weighted by Gasteiger charge is -2.13. The van der Waals surface area contributed by atoms with E-state index < -0.39 is 5.97 Å². The molecule has 0 radical (unpaired) electrons. The molecule has 0 heterocycles. The van der Waals surface area contributed by atoms with Gasteiger partial charge in [0.15, 0.2) is 0 Å². The number of esters is 1. The summed E-state index contributed by atoms with van der Waals surface area (Å²) in [5, 5.41) is 9.08. The number of methoxy groups -OCH3 is 1. The van der Waals surface area contributed by atoms with Gasteiger partial charge in [0.2, 0.25) is 0 Å². The third-order valence-electron chi connectivity index (χ3n) is 2.46. The summed E-state index contributed by atoms with van der Waals surface area (Å²) < 4.78 is 4.62. The van der Waals surface area contributed by atoms with Crippen molar-refractivity contribution in [2.24, 2.45) is 5.92 Å². The van der Waals surface area contributed by atoms with E-state index in [2.05, 4.69) is 4.74 Å². The lowest BCUT2D eigenvalue weighted by Crippen LogP contribution is -2.09. The molecule has 0 spiro atoms. The van der Waals surface area contributed by atoms with Gasteiger partial charge in [-0.05, 0) is 11.5 Å². The Hall–Kier alpha value is -2.08. The van der Waals surface area contributed by atoms with Crippen LogP contribution in [0, 0.1) is 17.2 Å². The monoisotopic (exact) mass is 229 g/mol. The summed E-state index contributed by atoms with van der Waals surface area (Å²) >= 11 is 0. The number of carbonyl (C=O) groups is 1. The molecule has 0 saturated heterocycles. The van der Waals surface area contributed by atoms with Gasteiger partial charge in [0.05, 0.1) is 7.11 Å². The highest BCUT2D eigenvalue weighted by Gasteiger charge is 2.19. The summed E-state index contributed by atoms with van der Waals surface area (Å²) in [6.45, 7) is 4.04. The maximum absolute atomic E-state index is 11.5. The van der Waals surface area contributed by atoms with E-state index in [0.717, 1.165) is 5.57 Å². The molecule has 0 aromatic rings. The van der Waals surface area contributed by atoms with Gasteiger partial charge in [0.1, 0.15) is 11.6 Å². The number of nitrogens with zero attached hydrogens (tertiary/aromatic N) is 1. The standard InChI is InChI=1S/C14H15NO2/c1-10(2)11-7-5-4-6-8-12(11)13(9-15)14(16)17-3/h4-8,10H,1-3H3/b13-12-. The molecular formula is C14H15NO2. The molecule has 88 valence electrons. The Morgan fingerprint density at radius 2 is 2.06 bits per heavy atom. The van der Waals surface area contributed by atoms with Gasteiger partial charge in [-0.1, -0.05) is 44.2 Å². The fraction of sp³-hybridized carbons (Fsp3) is 0.286. The maximum Gasteiger partial charge on any atom is 0.349 e. The zero-order valence-electron chi connectivity index (χ0n) is 10.2. The summed E-state index contributed by atoms with van der Waals surface area (Å²) in [4.78, 5) is 11.5. The lowest BCUT2D eigenvalue weighted by atomic mass is 9.91. The van der Waals surface area contributed by atoms with Gasteiger partial charge >= 0.3 is 5.97 Å². The molecule has 3 heteroatoms. The first-order valence-corrected chi connectivity index (χ1v) is 5.39. The van der Waals surface area contributed by atoms with Crippen molar-refractivity contribution >= 4 is 5.97 Å². The number of hydrogen-bond acceptors (Lipinski definition) is 3. The quantitative estimate of drug-likeness (QED) is 0.415. The van der Waals surface area contributed by atoms with Crippen LogP contribution in [0.1, 0.15) is 13.8 Å². The van der Waals surface area contributed by atoms with Gasteiger partial charge in [0, 0.05) is 5.57 Å². The molecule has 0 saturated carbocycles. The molecule has 0 N–H and O–H groups in total. The van der Waals surface area contributed by atoms with Crippen molar-refractivity contribution in [2.75, 3.05) is 7.11 Å². The topological polar surface area (TPSA) is 50.1 Å². The second-order valence-electron chi connectivity index (χ2n) is 3.91. The van der Waals surface area contributed by atoms with Gasteiger partial charge in [-0.2, -0.15) is 5.26 Å². The summed E-state index contributed by atoms with van der Waals surface area (Å²) in [6.07, 6.45) is 9.25. The molecule has 1 aliphatic rings. The Labute approximate surface area is 101 Å². The maximum atomic E-state index is 11.5. The zero-order valence-corrected chi connectivity index (χ0v) is 10.2. The van der Waals surface area contributed by atoms with E-state index in [0.29, 0.717) is 5.57 Å². The molecule has 0 amide bonds. The molecule has 17 heavy (non-hydrogen) atoms. The summed E-state index contributed by atoms with van der Waals surface area (Å²) in [6, 6.07) is 1.92. The summed E-state index contributed by atoms with van der Waals surface area (Å²) in [5.41, 5.74) is 1.64. The Morgan fingerprint density at radius 1 is 1.35 bits per heavy atom. The predicted molar refractivity (Wildman–Crippen MR) is 65.9 cm³/mol. The SMILES string of the molecule is COC(=O)/C(C#N)=C1/C=CC=CC=C1C(C)C. The Bertz CT molecular complexity index is 471. The minimum absolute atomic E-state index is 0.0485. The molecule has 0 aromatic carbocycles. The van der Waals surface area contributed by atoms with Crippen LogP contribution >= 0.6 is 0 Å². The van der Waals surface area contributed by atoms with Crippen molar-refractivity contribution in [3.05, 3.63) is 47.1 Å². The first-order valence-electron chi connectivity index (χ1n) is 5.39. The minimum atomic E-state index is -0.597. The van der Waals surface area contributed by atoms with Crippen LogP contribution in [0.3, 0.4) is 0 Å². The zero-order chi connectivity index (χ0) is 12.8. The molecule has 0 bridgehead atoms. The van der Waals surface area contributed by atoms with Gasteiger partial charge in [0.25, 0.3) is 0 Å². The highest BCUT2D eigenvalue weighted by Crippen LogP contribution is 2.26. The summed E-state index contributed by atoms with van der Waals surface area (Å²) in [7, 11) is 1.28. The van der Waals surface area contributed by atoms with Gasteiger partial charge < -0.3 is 4.74 Å². The van der Waals surface area contributed by atoms with Crippen molar-refractivity contribution in [1.29, 1.82) is 5.26 Å². The number of hydrogen-bond donors (Lipinski definition) is 0. The Kier molecular flexibility index (Phi) is 4.47. The molecule has 1 rings (SSSR count). The minimum Gasteiger partial charge on any atom is -0.465 e. The predicted octanol–water partition coefficient (Wildman–Crippen LogP) is 2.69. The number of nitriles is 1. The van der Waals surface area contributed by atoms with Crippen LogP contribution in [-0.2, 0) is 9.53 Å². The number of rotatable bonds is 2. The largest absolute Gasteiger partial charge is 0.465 e. The number of ether oxygens (including phenoxy) is 1. The van der Waals surface area contributed by atoms with Crippen molar-refractivity contribution in [2.45, 2.75) is 13.8 Å². The van der Waals surface area contributed by atoms with Gasteiger partial charge in [-0.25, -0.2) is 4.79 Å². The molecule has 3 nitrogen and oxygen atoms in total. The highest BCUT2D eigenvalue weighted by molar-refractivity contribution is 5.95. The molecule has 1 aliphatic carbocycles. The molecule has 0 atom stereocenters. The average Bonchev–Trinajstić information content (AvgIpc) is 2.55. The van der Waals surface area contributed by atoms with Crippen LogP contribution in [0.4, 0.5) is 0 Å². The number of allylic oxidation sites excluding steroid dienone is 7. The fourth-order valence-corrected chi connectivity index (χ4v) is 1.61. The van der Waals surface area contributed by atoms with E-state index in [1.165, 1.54) is 7.11 Å². The van der Waals surface area contributed by atoms with E-state index in [4.69, 9.17) is 5.26 Å². The van der Waals surface area contributed by atoms with Crippen molar-refractivity contribution in [3.63, 3.8) is 0 Å². The second kappa shape index (κ2) is 5.86. The van der Waals surface area contributed by atoms with Crippen LogP contribution in [0.5, 0.6) is 0 Å². The second-order valence-corrected chi connectivity index (χ2v) is 3.91. The lowest BCUT2D eigenvalue weighted by molar-refractivity contribution is -0.135. The van der Waals surface area contributed by atoms with Gasteiger partial charge in [-0.3, -0.25) is 0 Å². The Balaban J connectivity index is 3.38. The van der Waals surface area contributed by atoms with E-state index >= 15 is 0 Å². The average molecular weight is 229 g/mol. The van der Waals surface area contributed by atoms with E-state index in [1.54, 1.807) is 6.08 Å². The van der Waals surface area contributed by atoms with E-state index in [9.17, 15) is 4.79 Å². The Morgan fingerprint density at radius 3 is 2.59 bits per heavy atom. The van der Waals surface area contributed by atoms with Crippen molar-refractivity contribution in [1.82, 2.24) is 0 Å². The first kappa shape index (κ1) is 13.0. The normalized spacial score (nSPS) is 17.2. The molecule has 0 fully saturated rings. The third kappa shape index (κ3) is 2.94. The first-order chi connectivity index (χ1) is 8.11. The molecule has 0 aromatic heterocycles. The number of carbonyl (C=O) groups excluding carboxylic acids is 1. The smallest absolute Gasteiger partial charge is 0.349 e. The molecule has 0 aliphatic heterocycles. The van der Waals surface area contributed by atoms with Crippen LogP contribution in [0.2, 0.25) is 0 Å². The van der Waals surface area contributed by atoms with Crippen molar-refractivity contribution < 1.29 is 9.53 Å². The van der Waals surface area contributed by atoms with Gasteiger partial charge in [-0.15, -0.1) is 0 Å². The highest BCUT2D eigenvalue weighted by atomic mass is 16.5. The summed E-state index contributed by atoms with van der Waals surface area (Å²) in [5.74, 6) is -0.369. The van der Waals surface area contributed by atoms with E-state index in [-0.39, 0.29) is 11.5 Å². The van der Waals surface area contributed by atoms with Crippen LogP contribution in [0.25, 0.3) is 0 Å². The fourth-order valence-electron chi connectivity index (χ4n) is 1.61.